The summed E-state index contributed by atoms with van der Waals surface area (Å²) in [5.74, 6) is 1.08. The Bertz CT molecular complexity index is 245. The van der Waals surface area contributed by atoms with Crippen molar-refractivity contribution in [1.82, 2.24) is 4.98 Å². The van der Waals surface area contributed by atoms with Crippen molar-refractivity contribution in [2.45, 2.75) is 31.8 Å². The van der Waals surface area contributed by atoms with Crippen LogP contribution in [0.15, 0.2) is 18.5 Å². The second-order valence-electron chi connectivity index (χ2n) is 3.23. The number of thioether (sulfide) groups is 1. The van der Waals surface area contributed by atoms with E-state index in [1.165, 1.54) is 11.1 Å². The standard InChI is InChI=1S/C10H15NS/c1-8(2)12-7-10-4-9(3)5-11-6-10/h4-6,8H,7H2,1-3H3. The fourth-order valence-electron chi connectivity index (χ4n) is 0.959. The highest BCUT2D eigenvalue weighted by molar-refractivity contribution is 7.99. The maximum absolute atomic E-state index is 4.15. The quantitative estimate of drug-likeness (QED) is 0.711. The van der Waals surface area contributed by atoms with Crippen LogP contribution in [0.2, 0.25) is 0 Å². The van der Waals surface area contributed by atoms with Crippen molar-refractivity contribution in [2.75, 3.05) is 0 Å². The van der Waals surface area contributed by atoms with Gasteiger partial charge < -0.3 is 0 Å². The molecule has 0 spiro atoms. The Morgan fingerprint density at radius 3 is 2.75 bits per heavy atom. The number of pyridine rings is 1. The van der Waals surface area contributed by atoms with Gasteiger partial charge in [0.1, 0.15) is 0 Å². The summed E-state index contributed by atoms with van der Waals surface area (Å²) in [5, 5.41) is 0.700. The summed E-state index contributed by atoms with van der Waals surface area (Å²) in [6.07, 6.45) is 3.84. The molecule has 0 amide bonds. The zero-order valence-corrected chi connectivity index (χ0v) is 8.69. The van der Waals surface area contributed by atoms with E-state index in [1.807, 2.05) is 24.2 Å². The van der Waals surface area contributed by atoms with Crippen LogP contribution in [0.3, 0.4) is 0 Å². The van der Waals surface area contributed by atoms with Crippen LogP contribution in [-0.4, -0.2) is 10.2 Å². The van der Waals surface area contributed by atoms with Gasteiger partial charge in [-0.2, -0.15) is 11.8 Å². The largest absolute Gasteiger partial charge is 0.264 e. The van der Waals surface area contributed by atoms with Gasteiger partial charge in [-0.05, 0) is 23.3 Å². The lowest BCUT2D eigenvalue weighted by Gasteiger charge is -2.04. The highest BCUT2D eigenvalue weighted by Crippen LogP contribution is 2.16. The van der Waals surface area contributed by atoms with E-state index in [2.05, 4.69) is 31.8 Å². The molecule has 12 heavy (non-hydrogen) atoms. The minimum absolute atomic E-state index is 0.700. The van der Waals surface area contributed by atoms with Crippen LogP contribution in [0, 0.1) is 6.92 Å². The molecule has 2 heteroatoms. The molecular formula is C10H15NS. The summed E-state index contributed by atoms with van der Waals surface area (Å²) in [6, 6.07) is 2.20. The molecule has 1 rings (SSSR count). The van der Waals surface area contributed by atoms with E-state index in [4.69, 9.17) is 0 Å². The Labute approximate surface area is 78.6 Å². The molecule has 0 aliphatic heterocycles. The summed E-state index contributed by atoms with van der Waals surface area (Å²) in [6.45, 7) is 6.51. The second-order valence-corrected chi connectivity index (χ2v) is 4.80. The molecule has 0 N–H and O–H groups in total. The Hall–Kier alpha value is -0.500. The molecule has 0 unspecified atom stereocenters. The first kappa shape index (κ1) is 9.59. The average molecular weight is 181 g/mol. The van der Waals surface area contributed by atoms with E-state index in [9.17, 15) is 0 Å². The molecule has 0 radical (unpaired) electrons. The molecule has 1 aromatic rings. The van der Waals surface area contributed by atoms with Crippen molar-refractivity contribution in [2.24, 2.45) is 0 Å². The van der Waals surface area contributed by atoms with Crippen molar-refractivity contribution < 1.29 is 0 Å². The molecule has 0 bridgehead atoms. The first-order valence-electron chi connectivity index (χ1n) is 4.20. The maximum atomic E-state index is 4.15. The second kappa shape index (κ2) is 4.51. The summed E-state index contributed by atoms with van der Waals surface area (Å²) in [4.78, 5) is 4.15. The van der Waals surface area contributed by atoms with E-state index in [1.54, 1.807) is 0 Å². The molecule has 0 aliphatic carbocycles. The number of nitrogens with zero attached hydrogens (tertiary/aromatic N) is 1. The minimum Gasteiger partial charge on any atom is -0.264 e. The first-order chi connectivity index (χ1) is 5.68. The normalized spacial score (nSPS) is 10.7. The summed E-state index contributed by atoms with van der Waals surface area (Å²) < 4.78 is 0. The molecule has 0 saturated heterocycles. The molecular weight excluding hydrogens is 166 g/mol. The van der Waals surface area contributed by atoms with Crippen molar-refractivity contribution in [1.29, 1.82) is 0 Å². The topological polar surface area (TPSA) is 12.9 Å². The zero-order chi connectivity index (χ0) is 8.97. The first-order valence-corrected chi connectivity index (χ1v) is 5.25. The Balaban J connectivity index is 2.52. The fraction of sp³-hybridized carbons (Fsp3) is 0.500. The van der Waals surface area contributed by atoms with Gasteiger partial charge >= 0.3 is 0 Å². The van der Waals surface area contributed by atoms with Crippen LogP contribution < -0.4 is 0 Å². The van der Waals surface area contributed by atoms with E-state index >= 15 is 0 Å². The predicted octanol–water partition coefficient (Wildman–Crippen LogP) is 3.03. The van der Waals surface area contributed by atoms with Gasteiger partial charge in [0.2, 0.25) is 0 Å². The molecule has 0 atom stereocenters. The molecule has 0 aliphatic rings. The summed E-state index contributed by atoms with van der Waals surface area (Å²) >= 11 is 1.95. The number of aromatic nitrogens is 1. The van der Waals surface area contributed by atoms with Crippen LogP contribution in [0.1, 0.15) is 25.0 Å². The van der Waals surface area contributed by atoms with Gasteiger partial charge in [0, 0.05) is 18.1 Å². The van der Waals surface area contributed by atoms with Gasteiger partial charge in [0.05, 0.1) is 0 Å². The van der Waals surface area contributed by atoms with Crippen LogP contribution >= 0.6 is 11.8 Å². The number of rotatable bonds is 3. The molecule has 0 fully saturated rings. The highest BCUT2D eigenvalue weighted by atomic mass is 32.2. The van der Waals surface area contributed by atoms with Crippen LogP contribution in [0.25, 0.3) is 0 Å². The van der Waals surface area contributed by atoms with Gasteiger partial charge in [-0.15, -0.1) is 0 Å². The maximum Gasteiger partial charge on any atom is 0.0308 e. The van der Waals surface area contributed by atoms with Gasteiger partial charge in [-0.1, -0.05) is 19.9 Å². The van der Waals surface area contributed by atoms with E-state index < -0.39 is 0 Å². The SMILES string of the molecule is Cc1cncc(CSC(C)C)c1. The van der Waals surface area contributed by atoms with Crippen LogP contribution in [0.5, 0.6) is 0 Å². The lowest BCUT2D eigenvalue weighted by Crippen LogP contribution is -1.90. The van der Waals surface area contributed by atoms with Crippen molar-refractivity contribution in [3.8, 4) is 0 Å². The summed E-state index contributed by atoms with van der Waals surface area (Å²) in [7, 11) is 0. The zero-order valence-electron chi connectivity index (χ0n) is 7.87. The minimum atomic E-state index is 0.700. The Morgan fingerprint density at radius 2 is 2.17 bits per heavy atom. The molecule has 1 nitrogen and oxygen atoms in total. The Kier molecular flexibility index (Phi) is 3.60. The van der Waals surface area contributed by atoms with E-state index in [-0.39, 0.29) is 0 Å². The smallest absolute Gasteiger partial charge is 0.0308 e. The fourth-order valence-corrected chi connectivity index (χ4v) is 1.64. The van der Waals surface area contributed by atoms with E-state index in [0.29, 0.717) is 5.25 Å². The molecule has 0 saturated carbocycles. The van der Waals surface area contributed by atoms with Gasteiger partial charge in [0.15, 0.2) is 0 Å². The molecule has 66 valence electrons. The predicted molar refractivity (Wildman–Crippen MR) is 55.4 cm³/mol. The molecule has 0 aromatic carbocycles. The number of aryl methyl sites for hydroxylation is 1. The van der Waals surface area contributed by atoms with Crippen LogP contribution in [0.4, 0.5) is 0 Å². The third kappa shape index (κ3) is 3.26. The average Bonchev–Trinajstić information content (AvgIpc) is 2.01. The number of hydrogen-bond acceptors (Lipinski definition) is 2. The van der Waals surface area contributed by atoms with Crippen molar-refractivity contribution in [3.63, 3.8) is 0 Å². The van der Waals surface area contributed by atoms with Crippen molar-refractivity contribution >= 4 is 11.8 Å². The highest BCUT2D eigenvalue weighted by Gasteiger charge is 1.97. The van der Waals surface area contributed by atoms with E-state index in [0.717, 1.165) is 5.75 Å². The number of hydrogen-bond donors (Lipinski definition) is 0. The lowest BCUT2D eigenvalue weighted by atomic mass is 10.2. The van der Waals surface area contributed by atoms with Gasteiger partial charge in [0.25, 0.3) is 0 Å². The van der Waals surface area contributed by atoms with Gasteiger partial charge in [-0.3, -0.25) is 4.98 Å². The lowest BCUT2D eigenvalue weighted by molar-refractivity contribution is 1.10. The monoisotopic (exact) mass is 181 g/mol. The van der Waals surface area contributed by atoms with Crippen molar-refractivity contribution in [3.05, 3.63) is 29.6 Å². The third-order valence-electron chi connectivity index (χ3n) is 1.51. The third-order valence-corrected chi connectivity index (χ3v) is 2.68. The Morgan fingerprint density at radius 1 is 1.42 bits per heavy atom. The molecule has 1 aromatic heterocycles. The van der Waals surface area contributed by atoms with Crippen LogP contribution in [-0.2, 0) is 5.75 Å². The summed E-state index contributed by atoms with van der Waals surface area (Å²) in [5.41, 5.74) is 2.57. The van der Waals surface area contributed by atoms with Gasteiger partial charge in [-0.25, -0.2) is 0 Å². The molecule has 1 heterocycles.